The molecule has 0 saturated carbocycles. The van der Waals surface area contributed by atoms with Crippen molar-refractivity contribution in [1.29, 1.82) is 0 Å². The van der Waals surface area contributed by atoms with Crippen molar-refractivity contribution in [3.05, 3.63) is 40.5 Å². The van der Waals surface area contributed by atoms with Crippen molar-refractivity contribution in [2.75, 3.05) is 64.4 Å². The van der Waals surface area contributed by atoms with E-state index >= 15 is 0 Å². The maximum Gasteiger partial charge on any atom is 0.159 e. The molecule has 0 spiro atoms. The summed E-state index contributed by atoms with van der Waals surface area (Å²) in [5.74, 6) is 0.915. The van der Waals surface area contributed by atoms with E-state index in [0.717, 1.165) is 59.8 Å². The van der Waals surface area contributed by atoms with E-state index in [1.54, 1.807) is 14.2 Å². The number of hydrogen-bond donors (Lipinski definition) is 1. The summed E-state index contributed by atoms with van der Waals surface area (Å²) in [6, 6.07) is 7.78. The van der Waals surface area contributed by atoms with Gasteiger partial charge in [0.25, 0.3) is 0 Å². The van der Waals surface area contributed by atoms with Crippen LogP contribution in [0.3, 0.4) is 0 Å². The Kier molecular flexibility index (Phi) is 6.92. The van der Waals surface area contributed by atoms with Gasteiger partial charge in [0.2, 0.25) is 0 Å². The number of methoxy groups -OCH3 is 2. The van der Waals surface area contributed by atoms with Crippen molar-refractivity contribution in [2.45, 2.75) is 12.8 Å². The molecule has 0 amide bonds. The van der Waals surface area contributed by atoms with Gasteiger partial charge in [-0.25, -0.2) is 4.98 Å². The van der Waals surface area contributed by atoms with Gasteiger partial charge in [0, 0.05) is 50.7 Å². The molecule has 3 heterocycles. The Morgan fingerprint density at radius 1 is 1.06 bits per heavy atom. The topological polar surface area (TPSA) is 87.1 Å². The van der Waals surface area contributed by atoms with Crippen LogP contribution in [-0.4, -0.2) is 68.3 Å². The molecule has 0 aliphatic carbocycles. The molecule has 1 aromatic carbocycles. The summed E-state index contributed by atoms with van der Waals surface area (Å²) in [6.45, 7) is 4.11. The average molecular weight is 446 g/mol. The van der Waals surface area contributed by atoms with Gasteiger partial charge in [-0.05, 0) is 30.0 Å². The smallest absolute Gasteiger partial charge is 0.159 e. The van der Waals surface area contributed by atoms with Crippen molar-refractivity contribution in [3.63, 3.8) is 0 Å². The number of morpholine rings is 1. The predicted octanol–water partition coefficient (Wildman–Crippen LogP) is 2.85. The molecule has 2 N–H and O–H groups in total. The molecule has 3 aromatic rings. The van der Waals surface area contributed by atoms with E-state index in [1.165, 1.54) is 0 Å². The number of halogens is 1. The van der Waals surface area contributed by atoms with Crippen LogP contribution in [-0.2, 0) is 27.1 Å². The Balaban J connectivity index is 1.82. The maximum atomic E-state index is 6.34. The van der Waals surface area contributed by atoms with Crippen LogP contribution in [0.5, 0.6) is 0 Å². The molecule has 1 aliphatic heterocycles. The third-order valence-corrected chi connectivity index (χ3v) is 5.76. The number of hydrogen-bond acceptors (Lipinski definition) is 7. The Hall–Kier alpha value is -2.39. The molecule has 0 atom stereocenters. The lowest BCUT2D eigenvalue weighted by molar-refractivity contribution is 0.122. The zero-order valence-electron chi connectivity index (χ0n) is 17.9. The molecule has 9 heteroatoms. The van der Waals surface area contributed by atoms with Crippen LogP contribution >= 0.6 is 11.6 Å². The third-order valence-electron chi connectivity index (χ3n) is 5.57. The highest BCUT2D eigenvalue weighted by Gasteiger charge is 2.20. The second-order valence-electron chi connectivity index (χ2n) is 7.48. The lowest BCUT2D eigenvalue weighted by Gasteiger charge is -2.28. The first-order chi connectivity index (χ1) is 15.1. The summed E-state index contributed by atoms with van der Waals surface area (Å²) in [5, 5.41) is 5.36. The first-order valence-electron chi connectivity index (χ1n) is 10.4. The SMILES string of the molecule is COCCc1c(N)ccc(-c2cc3nc(Cl)cc(N4CCOCC4)n3n2)c1CCOC. The monoisotopic (exact) mass is 445 g/mol. The van der Waals surface area contributed by atoms with E-state index in [2.05, 4.69) is 9.88 Å². The number of benzene rings is 1. The highest BCUT2D eigenvalue weighted by molar-refractivity contribution is 6.29. The van der Waals surface area contributed by atoms with E-state index in [1.807, 2.05) is 28.8 Å². The summed E-state index contributed by atoms with van der Waals surface area (Å²) >= 11 is 6.34. The molecule has 0 bridgehead atoms. The fraction of sp³-hybridized carbons (Fsp3) is 0.455. The minimum atomic E-state index is 0.443. The fourth-order valence-corrected chi connectivity index (χ4v) is 4.20. The van der Waals surface area contributed by atoms with Crippen molar-refractivity contribution in [2.24, 2.45) is 0 Å². The molecule has 166 valence electrons. The minimum absolute atomic E-state index is 0.443. The zero-order valence-corrected chi connectivity index (χ0v) is 18.7. The van der Waals surface area contributed by atoms with Crippen LogP contribution in [0, 0.1) is 0 Å². The van der Waals surface area contributed by atoms with Gasteiger partial charge in [0.05, 0.1) is 32.1 Å². The van der Waals surface area contributed by atoms with Gasteiger partial charge in [-0.2, -0.15) is 9.61 Å². The summed E-state index contributed by atoms with van der Waals surface area (Å²) in [6.07, 6.45) is 1.46. The van der Waals surface area contributed by atoms with Crippen LogP contribution < -0.4 is 10.6 Å². The maximum absolute atomic E-state index is 6.34. The molecule has 0 radical (unpaired) electrons. The van der Waals surface area contributed by atoms with Crippen molar-refractivity contribution < 1.29 is 14.2 Å². The number of fused-ring (bicyclic) bond motifs is 1. The molecular formula is C22H28ClN5O3. The average Bonchev–Trinajstić information content (AvgIpc) is 3.20. The van der Waals surface area contributed by atoms with E-state index < -0.39 is 0 Å². The largest absolute Gasteiger partial charge is 0.398 e. The van der Waals surface area contributed by atoms with E-state index in [-0.39, 0.29) is 0 Å². The Labute approximate surface area is 186 Å². The molecule has 1 fully saturated rings. The number of ether oxygens (including phenoxy) is 3. The van der Waals surface area contributed by atoms with Gasteiger partial charge >= 0.3 is 0 Å². The number of anilines is 2. The molecular weight excluding hydrogens is 418 g/mol. The van der Waals surface area contributed by atoms with Gasteiger partial charge in [-0.1, -0.05) is 17.7 Å². The molecule has 31 heavy (non-hydrogen) atoms. The second-order valence-corrected chi connectivity index (χ2v) is 7.87. The van der Waals surface area contributed by atoms with Crippen LogP contribution in [0.2, 0.25) is 5.15 Å². The summed E-state index contributed by atoms with van der Waals surface area (Å²) in [4.78, 5) is 6.72. The van der Waals surface area contributed by atoms with Crippen molar-refractivity contribution >= 4 is 28.8 Å². The highest BCUT2D eigenvalue weighted by atomic mass is 35.5. The second kappa shape index (κ2) is 9.82. The Bertz CT molecular complexity index is 1050. The summed E-state index contributed by atoms with van der Waals surface area (Å²) < 4.78 is 18.0. The van der Waals surface area contributed by atoms with Gasteiger partial charge in [-0.15, -0.1) is 0 Å². The summed E-state index contributed by atoms with van der Waals surface area (Å²) in [5.41, 5.74) is 11.8. The molecule has 1 saturated heterocycles. The zero-order chi connectivity index (χ0) is 21.8. The highest BCUT2D eigenvalue weighted by Crippen LogP contribution is 2.32. The van der Waals surface area contributed by atoms with Crippen LogP contribution in [0.1, 0.15) is 11.1 Å². The van der Waals surface area contributed by atoms with Crippen molar-refractivity contribution in [1.82, 2.24) is 14.6 Å². The number of nitrogen functional groups attached to an aromatic ring is 1. The minimum Gasteiger partial charge on any atom is -0.398 e. The third kappa shape index (κ3) is 4.62. The van der Waals surface area contributed by atoms with E-state index in [0.29, 0.717) is 37.2 Å². The predicted molar refractivity (Wildman–Crippen MR) is 122 cm³/mol. The molecule has 1 aliphatic rings. The Morgan fingerprint density at radius 3 is 2.48 bits per heavy atom. The van der Waals surface area contributed by atoms with Gasteiger partial charge in [0.1, 0.15) is 11.0 Å². The Morgan fingerprint density at radius 2 is 1.77 bits per heavy atom. The van der Waals surface area contributed by atoms with Crippen LogP contribution in [0.15, 0.2) is 24.3 Å². The van der Waals surface area contributed by atoms with E-state index in [4.69, 9.17) is 36.6 Å². The normalized spacial score (nSPS) is 14.5. The lowest BCUT2D eigenvalue weighted by Crippen LogP contribution is -2.37. The van der Waals surface area contributed by atoms with Crippen LogP contribution in [0.25, 0.3) is 16.9 Å². The number of aromatic nitrogens is 3. The molecule has 2 aromatic heterocycles. The first-order valence-corrected chi connectivity index (χ1v) is 10.8. The standard InChI is InChI=1S/C22H28ClN5O3/c1-29-9-5-15-16(6-10-30-2)18(24)4-3-17(15)19-13-21-25-20(23)14-22(28(21)26-19)27-7-11-31-12-8-27/h3-4,13-14H,5-12,24H2,1-2H3. The van der Waals surface area contributed by atoms with Gasteiger partial charge in [0.15, 0.2) is 5.65 Å². The van der Waals surface area contributed by atoms with Gasteiger partial charge < -0.3 is 24.8 Å². The van der Waals surface area contributed by atoms with E-state index in [9.17, 15) is 0 Å². The fourth-order valence-electron chi connectivity index (χ4n) is 4.02. The quantitative estimate of drug-likeness (QED) is 0.421. The molecule has 4 rings (SSSR count). The van der Waals surface area contributed by atoms with Crippen LogP contribution in [0.4, 0.5) is 11.5 Å². The number of nitrogens with zero attached hydrogens (tertiary/aromatic N) is 4. The first kappa shape index (κ1) is 21.8. The van der Waals surface area contributed by atoms with Gasteiger partial charge in [-0.3, -0.25) is 0 Å². The number of rotatable bonds is 8. The molecule has 0 unspecified atom stereocenters. The number of nitrogens with two attached hydrogens (primary N) is 1. The van der Waals surface area contributed by atoms with Crippen molar-refractivity contribution in [3.8, 4) is 11.3 Å². The lowest BCUT2D eigenvalue weighted by atomic mass is 9.93. The summed E-state index contributed by atoms with van der Waals surface area (Å²) in [7, 11) is 3.39. The molecule has 8 nitrogen and oxygen atoms in total.